The Morgan fingerprint density at radius 3 is 2.21 bits per heavy atom. The lowest BCUT2D eigenvalue weighted by atomic mass is 10.0. The van der Waals surface area contributed by atoms with E-state index < -0.39 is 0 Å². The molecule has 0 heterocycles. The highest BCUT2D eigenvalue weighted by molar-refractivity contribution is 6.30. The van der Waals surface area contributed by atoms with Crippen molar-refractivity contribution in [3.05, 3.63) is 70.2 Å². The van der Waals surface area contributed by atoms with E-state index in [1.165, 1.54) is 6.92 Å². The van der Waals surface area contributed by atoms with Crippen LogP contribution in [0.2, 0.25) is 5.02 Å². The van der Waals surface area contributed by atoms with Crippen molar-refractivity contribution in [3.63, 3.8) is 0 Å². The number of nitrogens with one attached hydrogen (secondary N) is 2. The lowest BCUT2D eigenvalue weighted by Gasteiger charge is -2.17. The molecule has 0 aliphatic rings. The molecular weight excluding hydrogens is 324 g/mol. The van der Waals surface area contributed by atoms with Crippen LogP contribution >= 0.6 is 11.6 Å². The van der Waals surface area contributed by atoms with E-state index in [0.29, 0.717) is 17.1 Å². The number of amides is 2. The average Bonchev–Trinajstić information content (AvgIpc) is 2.59. The predicted octanol–water partition coefficient (Wildman–Crippen LogP) is 3.86. The van der Waals surface area contributed by atoms with E-state index in [1.807, 2.05) is 43.3 Å². The minimum atomic E-state index is -0.122. The third-order valence-electron chi connectivity index (χ3n) is 3.74. The largest absolute Gasteiger partial charge is 0.352 e. The molecule has 5 heteroatoms. The first-order chi connectivity index (χ1) is 11.5. The van der Waals surface area contributed by atoms with Crippen LogP contribution in [0.4, 0.5) is 0 Å². The van der Waals surface area contributed by atoms with Crippen LogP contribution in [-0.2, 0) is 11.3 Å². The van der Waals surface area contributed by atoms with Crippen LogP contribution in [-0.4, -0.2) is 11.8 Å². The van der Waals surface area contributed by atoms with Gasteiger partial charge in [-0.1, -0.05) is 42.8 Å². The monoisotopic (exact) mass is 344 g/mol. The van der Waals surface area contributed by atoms with Crippen LogP contribution in [0.3, 0.4) is 0 Å². The first-order valence-electron chi connectivity index (χ1n) is 7.89. The summed E-state index contributed by atoms with van der Waals surface area (Å²) in [5.74, 6) is -0.201. The Morgan fingerprint density at radius 2 is 1.67 bits per heavy atom. The third kappa shape index (κ3) is 5.10. The molecule has 0 saturated carbocycles. The molecule has 2 amide bonds. The summed E-state index contributed by atoms with van der Waals surface area (Å²) in [6, 6.07) is 14.6. The highest BCUT2D eigenvalue weighted by Gasteiger charge is 2.14. The van der Waals surface area contributed by atoms with Gasteiger partial charge in [-0.15, -0.1) is 0 Å². The highest BCUT2D eigenvalue weighted by Crippen LogP contribution is 2.19. The minimum Gasteiger partial charge on any atom is -0.352 e. The Balaban J connectivity index is 2.02. The molecule has 0 fully saturated rings. The van der Waals surface area contributed by atoms with Crippen molar-refractivity contribution in [1.29, 1.82) is 0 Å². The second kappa shape index (κ2) is 8.50. The molecule has 0 spiro atoms. The van der Waals surface area contributed by atoms with Gasteiger partial charge in [-0.25, -0.2) is 0 Å². The fraction of sp³-hybridized carbons (Fsp3) is 0.263. The Labute approximate surface area is 147 Å². The second-order valence-corrected chi connectivity index (χ2v) is 6.03. The van der Waals surface area contributed by atoms with E-state index in [-0.39, 0.29) is 17.9 Å². The average molecular weight is 345 g/mol. The molecule has 1 unspecified atom stereocenters. The van der Waals surface area contributed by atoms with Gasteiger partial charge in [-0.3, -0.25) is 9.59 Å². The quantitative estimate of drug-likeness (QED) is 0.836. The maximum absolute atomic E-state index is 12.4. The SMILES string of the molecule is CCC(NC(=O)c1ccc(CNC(C)=O)cc1)c1ccc(Cl)cc1. The van der Waals surface area contributed by atoms with E-state index in [2.05, 4.69) is 10.6 Å². The van der Waals surface area contributed by atoms with E-state index in [4.69, 9.17) is 11.6 Å². The summed E-state index contributed by atoms with van der Waals surface area (Å²) in [5.41, 5.74) is 2.57. The minimum absolute atomic E-state index is 0.0613. The zero-order chi connectivity index (χ0) is 17.5. The van der Waals surface area contributed by atoms with Gasteiger partial charge >= 0.3 is 0 Å². The molecule has 2 aromatic rings. The lowest BCUT2D eigenvalue weighted by molar-refractivity contribution is -0.119. The summed E-state index contributed by atoms with van der Waals surface area (Å²) in [6.45, 7) is 3.96. The second-order valence-electron chi connectivity index (χ2n) is 5.59. The Kier molecular flexibility index (Phi) is 6.38. The topological polar surface area (TPSA) is 58.2 Å². The molecule has 0 saturated heterocycles. The summed E-state index contributed by atoms with van der Waals surface area (Å²) in [4.78, 5) is 23.3. The van der Waals surface area contributed by atoms with Gasteiger partial charge in [0.1, 0.15) is 0 Å². The van der Waals surface area contributed by atoms with Gasteiger partial charge in [0.15, 0.2) is 0 Å². The first-order valence-corrected chi connectivity index (χ1v) is 8.27. The molecular formula is C19H21ClN2O2. The molecule has 4 nitrogen and oxygen atoms in total. The Hall–Kier alpha value is -2.33. The molecule has 126 valence electrons. The van der Waals surface area contributed by atoms with Crippen molar-refractivity contribution in [3.8, 4) is 0 Å². The van der Waals surface area contributed by atoms with Crippen molar-refractivity contribution in [2.24, 2.45) is 0 Å². The normalized spacial score (nSPS) is 11.6. The van der Waals surface area contributed by atoms with Gasteiger partial charge in [0.25, 0.3) is 5.91 Å². The standard InChI is InChI=1S/C19H21ClN2O2/c1-3-18(15-8-10-17(20)11-9-15)22-19(24)16-6-4-14(5-7-16)12-21-13(2)23/h4-11,18H,3,12H2,1-2H3,(H,21,23)(H,22,24). The van der Waals surface area contributed by atoms with Gasteiger partial charge < -0.3 is 10.6 Å². The molecule has 1 atom stereocenters. The van der Waals surface area contributed by atoms with Crippen molar-refractivity contribution in [2.45, 2.75) is 32.9 Å². The Morgan fingerprint density at radius 1 is 1.04 bits per heavy atom. The molecule has 0 bridgehead atoms. The van der Waals surface area contributed by atoms with Crippen molar-refractivity contribution in [2.75, 3.05) is 0 Å². The molecule has 0 aliphatic heterocycles. The summed E-state index contributed by atoms with van der Waals surface area (Å²) < 4.78 is 0. The summed E-state index contributed by atoms with van der Waals surface area (Å²) in [6.07, 6.45) is 0.786. The van der Waals surface area contributed by atoms with Crippen LogP contribution in [0.5, 0.6) is 0 Å². The van der Waals surface area contributed by atoms with Crippen LogP contribution in [0.15, 0.2) is 48.5 Å². The Bertz CT molecular complexity index is 696. The van der Waals surface area contributed by atoms with E-state index >= 15 is 0 Å². The number of carbonyl (C=O) groups is 2. The van der Waals surface area contributed by atoms with Gasteiger partial charge in [0.2, 0.25) is 5.91 Å². The summed E-state index contributed by atoms with van der Waals surface area (Å²) in [5, 5.41) is 6.44. The molecule has 0 aliphatic carbocycles. The number of hydrogen-bond donors (Lipinski definition) is 2. The summed E-state index contributed by atoms with van der Waals surface area (Å²) >= 11 is 5.91. The number of benzene rings is 2. The number of carbonyl (C=O) groups excluding carboxylic acids is 2. The maximum atomic E-state index is 12.4. The smallest absolute Gasteiger partial charge is 0.251 e. The summed E-state index contributed by atoms with van der Waals surface area (Å²) in [7, 11) is 0. The molecule has 2 aromatic carbocycles. The van der Waals surface area contributed by atoms with Crippen LogP contribution < -0.4 is 10.6 Å². The van der Waals surface area contributed by atoms with E-state index in [0.717, 1.165) is 17.5 Å². The number of rotatable bonds is 6. The number of hydrogen-bond acceptors (Lipinski definition) is 2. The number of halogens is 1. The zero-order valence-electron chi connectivity index (χ0n) is 13.8. The molecule has 0 aromatic heterocycles. The third-order valence-corrected chi connectivity index (χ3v) is 4.00. The van der Waals surface area contributed by atoms with Gasteiger partial charge in [-0.2, -0.15) is 0 Å². The molecule has 0 radical (unpaired) electrons. The molecule has 2 N–H and O–H groups in total. The van der Waals surface area contributed by atoms with Crippen LogP contribution in [0, 0.1) is 0 Å². The highest BCUT2D eigenvalue weighted by atomic mass is 35.5. The fourth-order valence-electron chi connectivity index (χ4n) is 2.36. The van der Waals surface area contributed by atoms with E-state index in [9.17, 15) is 9.59 Å². The zero-order valence-corrected chi connectivity index (χ0v) is 14.6. The fourth-order valence-corrected chi connectivity index (χ4v) is 2.48. The van der Waals surface area contributed by atoms with E-state index in [1.54, 1.807) is 12.1 Å². The molecule has 2 rings (SSSR count). The van der Waals surface area contributed by atoms with Gasteiger partial charge in [0, 0.05) is 24.1 Å². The van der Waals surface area contributed by atoms with Crippen LogP contribution in [0.25, 0.3) is 0 Å². The van der Waals surface area contributed by atoms with Crippen molar-refractivity contribution in [1.82, 2.24) is 10.6 Å². The molecule has 24 heavy (non-hydrogen) atoms. The van der Waals surface area contributed by atoms with Gasteiger partial charge in [-0.05, 0) is 41.8 Å². The predicted molar refractivity (Wildman–Crippen MR) is 95.9 cm³/mol. The first kappa shape index (κ1) is 18.0. The maximum Gasteiger partial charge on any atom is 0.251 e. The van der Waals surface area contributed by atoms with Gasteiger partial charge in [0.05, 0.1) is 6.04 Å². The van der Waals surface area contributed by atoms with Crippen molar-refractivity contribution < 1.29 is 9.59 Å². The van der Waals surface area contributed by atoms with Crippen LogP contribution in [0.1, 0.15) is 47.8 Å². The van der Waals surface area contributed by atoms with Crippen molar-refractivity contribution >= 4 is 23.4 Å². The lowest BCUT2D eigenvalue weighted by Crippen LogP contribution is -2.28.